The molecule has 2 aromatic carbocycles. The van der Waals surface area contributed by atoms with Gasteiger partial charge >= 0.3 is 6.18 Å². The van der Waals surface area contributed by atoms with Crippen molar-refractivity contribution in [3.05, 3.63) is 70.0 Å². The highest BCUT2D eigenvalue weighted by molar-refractivity contribution is 7.92. The van der Waals surface area contributed by atoms with Crippen molar-refractivity contribution >= 4 is 38.5 Å². The molecule has 1 aliphatic heterocycles. The van der Waals surface area contributed by atoms with E-state index >= 15 is 0 Å². The fourth-order valence-corrected chi connectivity index (χ4v) is 5.06. The molecule has 1 amide bonds. The minimum atomic E-state index is -4.63. The third kappa shape index (κ3) is 5.01. The molecule has 1 aliphatic rings. The number of hydrogen-bond donors (Lipinski definition) is 1. The number of anilines is 2. The zero-order chi connectivity index (χ0) is 24.0. The van der Waals surface area contributed by atoms with Gasteiger partial charge in [-0.15, -0.1) is 11.3 Å². The van der Waals surface area contributed by atoms with Crippen LogP contribution in [0.2, 0.25) is 0 Å². The standard InChI is InChI=1S/C21H17F4N3O3S2/c1-33(30,31)20-27-18(11-32-20)19(29)28-7-6-12-8-15(4-2-13(12)10-28)26-17-5-3-14(9-16(17)22)21(23,24)25/h2-5,8-9,11,26H,6-7,10H2,1H3. The highest BCUT2D eigenvalue weighted by atomic mass is 32.2. The predicted octanol–water partition coefficient (Wildman–Crippen LogP) is 4.65. The number of nitrogens with one attached hydrogen (secondary N) is 1. The third-order valence-corrected chi connectivity index (χ3v) is 7.66. The Bertz CT molecular complexity index is 1340. The Kier molecular flexibility index (Phi) is 5.91. The molecule has 174 valence electrons. The molecular weight excluding hydrogens is 482 g/mol. The zero-order valence-corrected chi connectivity index (χ0v) is 18.7. The van der Waals surface area contributed by atoms with Gasteiger partial charge in [-0.2, -0.15) is 13.2 Å². The zero-order valence-electron chi connectivity index (χ0n) is 17.1. The smallest absolute Gasteiger partial charge is 0.353 e. The molecule has 1 N–H and O–H groups in total. The first kappa shape index (κ1) is 23.2. The Morgan fingerprint density at radius 1 is 1.15 bits per heavy atom. The van der Waals surface area contributed by atoms with Crippen LogP contribution in [-0.2, 0) is 29.0 Å². The van der Waals surface area contributed by atoms with Gasteiger partial charge in [-0.1, -0.05) is 6.07 Å². The van der Waals surface area contributed by atoms with Crippen LogP contribution < -0.4 is 5.32 Å². The number of nitrogens with zero attached hydrogens (tertiary/aromatic N) is 2. The molecule has 0 bridgehead atoms. The van der Waals surface area contributed by atoms with E-state index in [0.717, 1.165) is 40.9 Å². The van der Waals surface area contributed by atoms with Crippen LogP contribution in [0.25, 0.3) is 0 Å². The maximum atomic E-state index is 14.1. The molecule has 0 spiro atoms. The number of aromatic nitrogens is 1. The number of fused-ring (bicyclic) bond motifs is 1. The van der Waals surface area contributed by atoms with E-state index in [1.807, 2.05) is 0 Å². The van der Waals surface area contributed by atoms with Crippen molar-refractivity contribution in [1.82, 2.24) is 9.88 Å². The van der Waals surface area contributed by atoms with Gasteiger partial charge in [0, 0.05) is 30.4 Å². The van der Waals surface area contributed by atoms with Crippen LogP contribution in [0.15, 0.2) is 46.1 Å². The molecule has 0 unspecified atom stereocenters. The van der Waals surface area contributed by atoms with Crippen molar-refractivity contribution in [2.75, 3.05) is 18.1 Å². The summed E-state index contributed by atoms with van der Waals surface area (Å²) in [6.07, 6.45) is -3.10. The molecule has 6 nitrogen and oxygen atoms in total. The lowest BCUT2D eigenvalue weighted by Gasteiger charge is -2.28. The van der Waals surface area contributed by atoms with Crippen LogP contribution in [0.4, 0.5) is 28.9 Å². The summed E-state index contributed by atoms with van der Waals surface area (Å²) in [5.74, 6) is -1.39. The molecule has 0 radical (unpaired) electrons. The van der Waals surface area contributed by atoms with Crippen molar-refractivity contribution in [1.29, 1.82) is 0 Å². The highest BCUT2D eigenvalue weighted by Gasteiger charge is 2.31. The van der Waals surface area contributed by atoms with Gasteiger partial charge in [0.2, 0.25) is 14.2 Å². The van der Waals surface area contributed by atoms with Gasteiger partial charge in [0.25, 0.3) is 5.91 Å². The maximum absolute atomic E-state index is 14.1. The SMILES string of the molecule is CS(=O)(=O)c1nc(C(=O)N2CCc3cc(Nc4ccc(C(F)(F)F)cc4F)ccc3C2)cs1. The first-order valence-corrected chi connectivity index (χ1v) is 12.4. The Hall–Kier alpha value is -2.99. The molecule has 33 heavy (non-hydrogen) atoms. The maximum Gasteiger partial charge on any atom is 0.416 e. The van der Waals surface area contributed by atoms with Gasteiger partial charge in [-0.05, 0) is 47.9 Å². The largest absolute Gasteiger partial charge is 0.416 e. The van der Waals surface area contributed by atoms with Gasteiger partial charge in [-0.25, -0.2) is 17.8 Å². The number of thiazole rings is 1. The Morgan fingerprint density at radius 3 is 2.55 bits per heavy atom. The molecule has 0 fully saturated rings. The lowest BCUT2D eigenvalue weighted by Crippen LogP contribution is -2.36. The average Bonchev–Trinajstić information content (AvgIpc) is 3.24. The summed E-state index contributed by atoms with van der Waals surface area (Å²) in [5, 5.41) is 4.21. The van der Waals surface area contributed by atoms with E-state index in [0.29, 0.717) is 24.7 Å². The quantitative estimate of drug-likeness (QED) is 0.529. The second kappa shape index (κ2) is 8.41. The molecule has 3 aromatic rings. The Morgan fingerprint density at radius 2 is 1.91 bits per heavy atom. The summed E-state index contributed by atoms with van der Waals surface area (Å²) in [6, 6.07) is 7.45. The summed E-state index contributed by atoms with van der Waals surface area (Å²) in [7, 11) is -3.49. The average molecular weight is 500 g/mol. The van der Waals surface area contributed by atoms with Crippen LogP contribution in [0, 0.1) is 5.82 Å². The minimum Gasteiger partial charge on any atom is -0.353 e. The summed E-state index contributed by atoms with van der Waals surface area (Å²) in [6.45, 7) is 0.657. The minimum absolute atomic E-state index is 0.0694. The second-order valence-electron chi connectivity index (χ2n) is 7.55. The Balaban J connectivity index is 1.48. The fourth-order valence-electron chi connectivity index (χ4n) is 3.44. The van der Waals surface area contributed by atoms with Gasteiger partial charge in [-0.3, -0.25) is 4.79 Å². The van der Waals surface area contributed by atoms with Crippen molar-refractivity contribution in [3.63, 3.8) is 0 Å². The number of carbonyl (C=O) groups is 1. The monoisotopic (exact) mass is 499 g/mol. The molecule has 12 heteroatoms. The molecular formula is C21H17F4N3O3S2. The van der Waals surface area contributed by atoms with Crippen molar-refractivity contribution in [2.24, 2.45) is 0 Å². The van der Waals surface area contributed by atoms with Crippen LogP contribution in [-0.4, -0.2) is 37.0 Å². The number of amides is 1. The molecule has 4 rings (SSSR count). The number of benzene rings is 2. The van der Waals surface area contributed by atoms with E-state index in [4.69, 9.17) is 0 Å². The Labute approximate surface area is 190 Å². The second-order valence-corrected chi connectivity index (χ2v) is 10.6. The van der Waals surface area contributed by atoms with Crippen molar-refractivity contribution < 1.29 is 30.8 Å². The van der Waals surface area contributed by atoms with Crippen LogP contribution in [0.5, 0.6) is 0 Å². The number of rotatable bonds is 4. The molecule has 2 heterocycles. The summed E-state index contributed by atoms with van der Waals surface area (Å²) < 4.78 is 75.4. The van der Waals surface area contributed by atoms with Crippen molar-refractivity contribution in [2.45, 2.75) is 23.5 Å². The molecule has 0 aliphatic carbocycles. The first-order chi connectivity index (χ1) is 15.4. The molecule has 1 aromatic heterocycles. The molecule has 0 atom stereocenters. The van der Waals surface area contributed by atoms with E-state index in [2.05, 4.69) is 10.3 Å². The van der Waals surface area contributed by atoms with Crippen LogP contribution in [0.1, 0.15) is 27.2 Å². The molecule has 0 saturated carbocycles. The highest BCUT2D eigenvalue weighted by Crippen LogP contribution is 2.33. The van der Waals surface area contributed by atoms with E-state index in [1.54, 1.807) is 23.1 Å². The summed E-state index contributed by atoms with van der Waals surface area (Å²) in [5.41, 5.74) is 1.19. The number of hydrogen-bond acceptors (Lipinski definition) is 6. The van der Waals surface area contributed by atoms with Crippen molar-refractivity contribution in [3.8, 4) is 0 Å². The number of carbonyl (C=O) groups excluding carboxylic acids is 1. The van der Waals surface area contributed by atoms with Gasteiger partial charge in [0.1, 0.15) is 11.5 Å². The van der Waals surface area contributed by atoms with E-state index in [1.165, 1.54) is 5.38 Å². The fraction of sp³-hybridized carbons (Fsp3) is 0.238. The topological polar surface area (TPSA) is 79.4 Å². The summed E-state index contributed by atoms with van der Waals surface area (Å²) in [4.78, 5) is 18.2. The normalized spacial score (nSPS) is 14.2. The van der Waals surface area contributed by atoms with E-state index in [9.17, 15) is 30.8 Å². The van der Waals surface area contributed by atoms with E-state index < -0.39 is 27.4 Å². The van der Waals surface area contributed by atoms with Gasteiger partial charge in [0.15, 0.2) is 0 Å². The number of alkyl halides is 3. The van der Waals surface area contributed by atoms with Crippen LogP contribution >= 0.6 is 11.3 Å². The lowest BCUT2D eigenvalue weighted by atomic mass is 9.98. The number of sulfone groups is 1. The van der Waals surface area contributed by atoms with Gasteiger partial charge in [0.05, 0.1) is 11.3 Å². The lowest BCUT2D eigenvalue weighted by molar-refractivity contribution is -0.137. The molecule has 0 saturated heterocycles. The summed E-state index contributed by atoms with van der Waals surface area (Å²) >= 11 is 0.893. The predicted molar refractivity (Wildman–Crippen MR) is 115 cm³/mol. The number of halogens is 4. The van der Waals surface area contributed by atoms with Gasteiger partial charge < -0.3 is 10.2 Å². The first-order valence-electron chi connectivity index (χ1n) is 9.62. The van der Waals surface area contributed by atoms with E-state index in [-0.39, 0.29) is 28.2 Å². The third-order valence-electron chi connectivity index (χ3n) is 5.10. The van der Waals surface area contributed by atoms with Crippen LogP contribution in [0.3, 0.4) is 0 Å².